The monoisotopic (exact) mass is 368 g/mol. The first-order valence-electron chi connectivity index (χ1n) is 8.78. The van der Waals surface area contributed by atoms with Crippen molar-refractivity contribution in [3.05, 3.63) is 53.1 Å². The molecular formula is C21H24N2O2S. The van der Waals surface area contributed by atoms with Crippen molar-refractivity contribution in [3.63, 3.8) is 0 Å². The summed E-state index contributed by atoms with van der Waals surface area (Å²) >= 11 is 1.57. The van der Waals surface area contributed by atoms with E-state index in [-0.39, 0.29) is 17.9 Å². The number of anilines is 2. The summed E-state index contributed by atoms with van der Waals surface area (Å²) in [5.41, 5.74) is 5.09. The number of aryl methyl sites for hydroxylation is 3. The van der Waals surface area contributed by atoms with Gasteiger partial charge in [-0.3, -0.25) is 9.59 Å². The van der Waals surface area contributed by atoms with Gasteiger partial charge < -0.3 is 10.2 Å². The van der Waals surface area contributed by atoms with Crippen molar-refractivity contribution in [2.75, 3.05) is 16.0 Å². The fraction of sp³-hybridized carbons (Fsp3) is 0.333. The molecule has 5 heteroatoms. The Morgan fingerprint density at radius 3 is 2.54 bits per heavy atom. The molecule has 1 heterocycles. The van der Waals surface area contributed by atoms with Crippen molar-refractivity contribution in [2.24, 2.45) is 0 Å². The van der Waals surface area contributed by atoms with Crippen LogP contribution in [0.25, 0.3) is 0 Å². The lowest BCUT2D eigenvalue weighted by atomic mass is 10.1. The summed E-state index contributed by atoms with van der Waals surface area (Å²) in [6.45, 7) is 8.17. The van der Waals surface area contributed by atoms with Gasteiger partial charge in [0.25, 0.3) is 0 Å². The maximum absolute atomic E-state index is 13.1. The summed E-state index contributed by atoms with van der Waals surface area (Å²) in [6.07, 6.45) is 0.299. The molecule has 0 unspecified atom stereocenters. The van der Waals surface area contributed by atoms with Crippen molar-refractivity contribution in [3.8, 4) is 0 Å². The van der Waals surface area contributed by atoms with Gasteiger partial charge in [0.1, 0.15) is 0 Å². The van der Waals surface area contributed by atoms with Gasteiger partial charge in [-0.05, 0) is 51.0 Å². The number of nitrogens with zero attached hydrogens (tertiary/aromatic N) is 1. The maximum Gasteiger partial charge on any atom is 0.237 e. The smallest absolute Gasteiger partial charge is 0.237 e. The van der Waals surface area contributed by atoms with Crippen LogP contribution >= 0.6 is 11.8 Å². The fourth-order valence-electron chi connectivity index (χ4n) is 3.57. The van der Waals surface area contributed by atoms with Gasteiger partial charge in [-0.25, -0.2) is 0 Å². The van der Waals surface area contributed by atoms with Crippen LogP contribution in [0.5, 0.6) is 0 Å². The second kappa shape index (κ2) is 7.54. The van der Waals surface area contributed by atoms with Crippen molar-refractivity contribution < 1.29 is 9.59 Å². The second-order valence-electron chi connectivity index (χ2n) is 6.90. The number of carbonyl (C=O) groups is 2. The molecule has 0 saturated carbocycles. The van der Waals surface area contributed by atoms with Gasteiger partial charge in [-0.2, -0.15) is 0 Å². The molecule has 0 fully saturated rings. The number of rotatable bonds is 3. The zero-order valence-corrected chi connectivity index (χ0v) is 16.4. The van der Waals surface area contributed by atoms with Crippen LogP contribution in [0, 0.1) is 20.8 Å². The molecule has 136 valence electrons. The lowest BCUT2D eigenvalue weighted by molar-refractivity contribution is -0.117. The highest BCUT2D eigenvalue weighted by Gasteiger charge is 2.29. The van der Waals surface area contributed by atoms with Crippen molar-refractivity contribution in [1.82, 2.24) is 0 Å². The minimum absolute atomic E-state index is 0.0193. The molecule has 4 nitrogen and oxygen atoms in total. The van der Waals surface area contributed by atoms with E-state index in [1.54, 1.807) is 16.7 Å². The first kappa shape index (κ1) is 18.5. The van der Waals surface area contributed by atoms with E-state index in [2.05, 4.69) is 38.2 Å². The summed E-state index contributed by atoms with van der Waals surface area (Å²) in [5, 5.41) is 2.90. The van der Waals surface area contributed by atoms with Gasteiger partial charge in [0.05, 0.1) is 17.1 Å². The number of carbonyl (C=O) groups excluding carboxylic acids is 2. The van der Waals surface area contributed by atoms with Gasteiger partial charge in [-0.1, -0.05) is 29.8 Å². The lowest BCUT2D eigenvalue weighted by Gasteiger charge is -2.28. The summed E-state index contributed by atoms with van der Waals surface area (Å²) in [5.74, 6) is 0.307. The molecule has 2 aromatic rings. The molecule has 26 heavy (non-hydrogen) atoms. The molecular weight excluding hydrogens is 344 g/mol. The quantitative estimate of drug-likeness (QED) is 0.813. The summed E-state index contributed by atoms with van der Waals surface area (Å²) < 4.78 is 0. The minimum atomic E-state index is -0.174. The molecule has 1 aliphatic heterocycles. The Bertz CT molecular complexity index is 840. The van der Waals surface area contributed by atoms with Crippen LogP contribution in [0.3, 0.4) is 0 Å². The third-order valence-corrected chi connectivity index (χ3v) is 5.90. The third-order valence-electron chi connectivity index (χ3n) is 4.57. The second-order valence-corrected chi connectivity index (χ2v) is 7.88. The van der Waals surface area contributed by atoms with Gasteiger partial charge in [0.15, 0.2) is 0 Å². The Kier molecular flexibility index (Phi) is 5.37. The molecule has 2 aromatic carbocycles. The number of thioether (sulfide) groups is 1. The standard InChI is InChI=1S/C21H24N2O2S/c1-13-9-14(2)21(15(3)10-13)26-12-20(25)23-16(4)11-19(24)22-17-7-5-6-8-18(17)23/h5-10,16H,11-12H2,1-4H3,(H,22,24)/t16-/m0/s1. The van der Waals surface area contributed by atoms with E-state index < -0.39 is 0 Å². The van der Waals surface area contributed by atoms with Crippen LogP contribution in [-0.2, 0) is 9.59 Å². The van der Waals surface area contributed by atoms with Crippen LogP contribution in [0.15, 0.2) is 41.3 Å². The van der Waals surface area contributed by atoms with Crippen LogP contribution < -0.4 is 10.2 Å². The Balaban J connectivity index is 1.84. The molecule has 0 aliphatic carbocycles. The van der Waals surface area contributed by atoms with Gasteiger partial charge in [0, 0.05) is 17.4 Å². The molecule has 1 aliphatic rings. The van der Waals surface area contributed by atoms with Crippen LogP contribution in [0.1, 0.15) is 30.0 Å². The average Bonchev–Trinajstić information content (AvgIpc) is 2.67. The van der Waals surface area contributed by atoms with Gasteiger partial charge in [-0.15, -0.1) is 11.8 Å². The average molecular weight is 369 g/mol. The molecule has 0 spiro atoms. The number of fused-ring (bicyclic) bond motifs is 1. The van der Waals surface area contributed by atoms with E-state index in [0.717, 1.165) is 10.6 Å². The first-order chi connectivity index (χ1) is 12.4. The fourth-order valence-corrected chi connectivity index (χ4v) is 4.55. The number of hydrogen-bond donors (Lipinski definition) is 1. The van der Waals surface area contributed by atoms with E-state index in [1.807, 2.05) is 31.2 Å². The normalized spacial score (nSPS) is 16.7. The first-order valence-corrected chi connectivity index (χ1v) is 9.77. The molecule has 0 aromatic heterocycles. The maximum atomic E-state index is 13.1. The largest absolute Gasteiger partial charge is 0.324 e. The van der Waals surface area contributed by atoms with E-state index in [9.17, 15) is 9.59 Å². The number of hydrogen-bond acceptors (Lipinski definition) is 3. The SMILES string of the molecule is Cc1cc(C)c(SCC(=O)N2c3ccccc3NC(=O)C[C@@H]2C)c(C)c1. The summed E-state index contributed by atoms with van der Waals surface area (Å²) in [4.78, 5) is 28.1. The third kappa shape index (κ3) is 3.78. The Morgan fingerprint density at radius 2 is 1.85 bits per heavy atom. The van der Waals surface area contributed by atoms with Gasteiger partial charge >= 0.3 is 0 Å². The summed E-state index contributed by atoms with van der Waals surface area (Å²) in [7, 11) is 0. The van der Waals surface area contributed by atoms with E-state index in [1.165, 1.54) is 16.7 Å². The molecule has 0 radical (unpaired) electrons. The van der Waals surface area contributed by atoms with E-state index >= 15 is 0 Å². The lowest BCUT2D eigenvalue weighted by Crippen LogP contribution is -2.40. The topological polar surface area (TPSA) is 49.4 Å². The number of nitrogens with one attached hydrogen (secondary N) is 1. The van der Waals surface area contributed by atoms with Crippen molar-refractivity contribution >= 4 is 35.0 Å². The zero-order chi connectivity index (χ0) is 18.8. The molecule has 3 rings (SSSR count). The van der Waals surface area contributed by atoms with Gasteiger partial charge in [0.2, 0.25) is 11.8 Å². The minimum Gasteiger partial charge on any atom is -0.324 e. The number of amides is 2. The van der Waals surface area contributed by atoms with Crippen molar-refractivity contribution in [1.29, 1.82) is 0 Å². The van der Waals surface area contributed by atoms with Crippen LogP contribution in [0.4, 0.5) is 11.4 Å². The molecule has 1 N–H and O–H groups in total. The van der Waals surface area contributed by atoms with E-state index in [4.69, 9.17) is 0 Å². The number of para-hydroxylation sites is 2. The molecule has 2 amide bonds. The van der Waals surface area contributed by atoms with Crippen LogP contribution in [-0.4, -0.2) is 23.6 Å². The van der Waals surface area contributed by atoms with Crippen molar-refractivity contribution in [2.45, 2.75) is 45.1 Å². The van der Waals surface area contributed by atoms with E-state index in [0.29, 0.717) is 17.9 Å². The molecule has 0 bridgehead atoms. The highest BCUT2D eigenvalue weighted by molar-refractivity contribution is 8.00. The predicted molar refractivity (Wildman–Crippen MR) is 108 cm³/mol. The predicted octanol–water partition coefficient (Wildman–Crippen LogP) is 4.47. The molecule has 1 atom stereocenters. The number of benzene rings is 2. The van der Waals surface area contributed by atoms with Crippen LogP contribution in [0.2, 0.25) is 0 Å². The molecule has 0 saturated heterocycles. The Morgan fingerprint density at radius 1 is 1.19 bits per heavy atom. The zero-order valence-electron chi connectivity index (χ0n) is 15.6. The Labute approximate surface area is 159 Å². The Hall–Kier alpha value is -2.27. The highest BCUT2D eigenvalue weighted by Crippen LogP contribution is 2.33. The highest BCUT2D eigenvalue weighted by atomic mass is 32.2. The summed E-state index contributed by atoms with van der Waals surface area (Å²) in [6, 6.07) is 11.6.